The summed E-state index contributed by atoms with van der Waals surface area (Å²) in [4.78, 5) is 15.9. The van der Waals surface area contributed by atoms with E-state index >= 15 is 0 Å². The van der Waals surface area contributed by atoms with Crippen molar-refractivity contribution in [1.29, 1.82) is 0 Å². The third kappa shape index (κ3) is 5.17. The maximum atomic E-state index is 11.4. The quantitative estimate of drug-likeness (QED) is 0.558. The van der Waals surface area contributed by atoms with Crippen molar-refractivity contribution < 1.29 is 14.3 Å². The number of nitrogens with zero attached hydrogens (tertiary/aromatic N) is 1. The minimum absolute atomic E-state index is 0.335. The second kappa shape index (κ2) is 9.33. The molecule has 0 aliphatic rings. The molecule has 4 heteroatoms. The molecule has 0 radical (unpaired) electrons. The van der Waals surface area contributed by atoms with E-state index in [-0.39, 0.29) is 5.97 Å². The van der Waals surface area contributed by atoms with Gasteiger partial charge in [0.25, 0.3) is 0 Å². The van der Waals surface area contributed by atoms with Gasteiger partial charge in [0.1, 0.15) is 5.75 Å². The van der Waals surface area contributed by atoms with E-state index in [1.165, 1.54) is 7.11 Å². The Morgan fingerprint density at radius 3 is 1.89 bits per heavy atom. The van der Waals surface area contributed by atoms with Gasteiger partial charge in [0.2, 0.25) is 0 Å². The number of esters is 1. The van der Waals surface area contributed by atoms with Crippen LogP contribution in [-0.4, -0.2) is 25.2 Å². The first-order chi connectivity index (χ1) is 13.7. The lowest BCUT2D eigenvalue weighted by Gasteiger charge is -2.00. The zero-order chi connectivity index (χ0) is 19.8. The maximum absolute atomic E-state index is 11.4. The fraction of sp³-hybridized carbons (Fsp3) is 0.0833. The molecule has 28 heavy (non-hydrogen) atoms. The Morgan fingerprint density at radius 1 is 0.750 bits per heavy atom. The van der Waals surface area contributed by atoms with Crippen molar-refractivity contribution in [2.45, 2.75) is 0 Å². The van der Waals surface area contributed by atoms with Crippen molar-refractivity contribution >= 4 is 30.3 Å². The molecule has 140 valence electrons. The Bertz CT molecular complexity index is 970. The number of hydrogen-bond donors (Lipinski definition) is 0. The molecule has 3 aromatic rings. The molecule has 1 aromatic heterocycles. The SMILES string of the molecule is COC(=O)c1ccc(/C=C/c2ccc(/C=C/c3ccc(OC)cc3)nc2)cc1. The lowest BCUT2D eigenvalue weighted by molar-refractivity contribution is 0.0600. The van der Waals surface area contributed by atoms with Gasteiger partial charge in [-0.15, -0.1) is 0 Å². The largest absolute Gasteiger partial charge is 0.497 e. The Hall–Kier alpha value is -3.66. The van der Waals surface area contributed by atoms with Crippen molar-refractivity contribution in [2.75, 3.05) is 14.2 Å². The number of rotatable bonds is 6. The molecule has 3 rings (SSSR count). The van der Waals surface area contributed by atoms with Gasteiger partial charge in [0.15, 0.2) is 0 Å². The number of ether oxygens (including phenoxy) is 2. The predicted octanol–water partition coefficient (Wildman–Crippen LogP) is 5.22. The van der Waals surface area contributed by atoms with E-state index in [0.29, 0.717) is 5.56 Å². The van der Waals surface area contributed by atoms with Crippen molar-refractivity contribution in [3.05, 3.63) is 94.8 Å². The van der Waals surface area contributed by atoms with Crippen LogP contribution in [-0.2, 0) is 4.74 Å². The first-order valence-corrected chi connectivity index (χ1v) is 8.82. The summed E-state index contributed by atoms with van der Waals surface area (Å²) in [6, 6.07) is 19.1. The lowest BCUT2D eigenvalue weighted by atomic mass is 10.1. The molecule has 4 nitrogen and oxygen atoms in total. The molecule has 0 aliphatic carbocycles. The molecule has 0 atom stereocenters. The number of methoxy groups -OCH3 is 2. The van der Waals surface area contributed by atoms with Gasteiger partial charge in [-0.1, -0.05) is 48.6 Å². The standard InChI is InChI=1S/C24H21NO3/c1-27-23-15-9-19(10-16-23)7-13-22-14-8-20(17-25-22)4-3-18-5-11-21(12-6-18)24(26)28-2/h3-17H,1-2H3/b4-3+,13-7+. The van der Waals surface area contributed by atoms with E-state index in [1.807, 2.05) is 79.0 Å². The van der Waals surface area contributed by atoms with E-state index in [0.717, 1.165) is 28.1 Å². The number of carbonyl (C=O) groups is 1. The zero-order valence-electron chi connectivity index (χ0n) is 15.8. The van der Waals surface area contributed by atoms with Crippen molar-refractivity contribution in [3.63, 3.8) is 0 Å². The van der Waals surface area contributed by atoms with Crippen molar-refractivity contribution in [3.8, 4) is 5.75 Å². The van der Waals surface area contributed by atoms with Crippen molar-refractivity contribution in [1.82, 2.24) is 4.98 Å². The molecule has 0 amide bonds. The van der Waals surface area contributed by atoms with Crippen LogP contribution in [0.4, 0.5) is 0 Å². The highest BCUT2D eigenvalue weighted by Gasteiger charge is 2.03. The van der Waals surface area contributed by atoms with Crippen LogP contribution in [0.2, 0.25) is 0 Å². The molecular weight excluding hydrogens is 350 g/mol. The number of benzene rings is 2. The summed E-state index contributed by atoms with van der Waals surface area (Å²) in [5, 5.41) is 0. The third-order valence-corrected chi connectivity index (χ3v) is 4.17. The van der Waals surface area contributed by atoms with E-state index in [9.17, 15) is 4.79 Å². The smallest absolute Gasteiger partial charge is 0.337 e. The summed E-state index contributed by atoms with van der Waals surface area (Å²) >= 11 is 0. The van der Waals surface area contributed by atoms with Gasteiger partial charge in [-0.25, -0.2) is 4.79 Å². The lowest BCUT2D eigenvalue weighted by Crippen LogP contribution is -2.00. The normalized spacial score (nSPS) is 11.1. The monoisotopic (exact) mass is 371 g/mol. The molecule has 0 aliphatic heterocycles. The van der Waals surface area contributed by atoms with Gasteiger partial charge in [-0.05, 0) is 53.1 Å². The second-order valence-electron chi connectivity index (χ2n) is 6.07. The molecule has 0 saturated heterocycles. The van der Waals surface area contributed by atoms with Crippen LogP contribution in [0.5, 0.6) is 5.75 Å². The van der Waals surface area contributed by atoms with Crippen LogP contribution in [0.15, 0.2) is 66.9 Å². The number of aromatic nitrogens is 1. The van der Waals surface area contributed by atoms with Crippen LogP contribution in [0.3, 0.4) is 0 Å². The topological polar surface area (TPSA) is 48.4 Å². The van der Waals surface area contributed by atoms with E-state index in [1.54, 1.807) is 19.2 Å². The van der Waals surface area contributed by atoms with Crippen LogP contribution >= 0.6 is 0 Å². The highest BCUT2D eigenvalue weighted by atomic mass is 16.5. The summed E-state index contributed by atoms with van der Waals surface area (Å²) in [6.07, 6.45) is 9.77. The molecule has 0 fully saturated rings. The van der Waals surface area contributed by atoms with Crippen molar-refractivity contribution in [2.24, 2.45) is 0 Å². The summed E-state index contributed by atoms with van der Waals surface area (Å²) in [7, 11) is 3.03. The number of pyridine rings is 1. The Kier molecular flexibility index (Phi) is 6.37. The van der Waals surface area contributed by atoms with Gasteiger partial charge in [-0.3, -0.25) is 4.98 Å². The maximum Gasteiger partial charge on any atom is 0.337 e. The number of carbonyl (C=O) groups excluding carboxylic acids is 1. The minimum atomic E-state index is -0.335. The van der Waals surface area contributed by atoms with Crippen LogP contribution < -0.4 is 4.74 Å². The molecule has 0 N–H and O–H groups in total. The van der Waals surface area contributed by atoms with Gasteiger partial charge in [0, 0.05) is 6.20 Å². The molecule has 1 heterocycles. The fourth-order valence-corrected chi connectivity index (χ4v) is 2.55. The summed E-state index contributed by atoms with van der Waals surface area (Å²) in [6.45, 7) is 0. The zero-order valence-corrected chi connectivity index (χ0v) is 15.8. The van der Waals surface area contributed by atoms with Gasteiger partial charge >= 0.3 is 5.97 Å². The Balaban J connectivity index is 1.62. The first kappa shape index (κ1) is 19.1. The van der Waals surface area contributed by atoms with Crippen LogP contribution in [0.25, 0.3) is 24.3 Å². The Morgan fingerprint density at radius 2 is 1.32 bits per heavy atom. The summed E-state index contributed by atoms with van der Waals surface area (Å²) in [5.41, 5.74) is 4.50. The molecule has 0 saturated carbocycles. The molecule has 0 spiro atoms. The highest BCUT2D eigenvalue weighted by molar-refractivity contribution is 5.89. The van der Waals surface area contributed by atoms with Crippen LogP contribution in [0, 0.1) is 0 Å². The first-order valence-electron chi connectivity index (χ1n) is 8.82. The molecule has 0 bridgehead atoms. The molecule has 0 unspecified atom stereocenters. The van der Waals surface area contributed by atoms with Gasteiger partial charge < -0.3 is 9.47 Å². The average Bonchev–Trinajstić information content (AvgIpc) is 2.77. The summed E-state index contributed by atoms with van der Waals surface area (Å²) in [5.74, 6) is 0.504. The minimum Gasteiger partial charge on any atom is -0.497 e. The van der Waals surface area contributed by atoms with Crippen LogP contribution in [0.1, 0.15) is 32.7 Å². The second-order valence-corrected chi connectivity index (χ2v) is 6.07. The molecular formula is C24H21NO3. The number of hydrogen-bond acceptors (Lipinski definition) is 4. The van der Waals surface area contributed by atoms with Gasteiger partial charge in [-0.2, -0.15) is 0 Å². The fourth-order valence-electron chi connectivity index (χ4n) is 2.55. The van der Waals surface area contributed by atoms with Gasteiger partial charge in [0.05, 0.1) is 25.5 Å². The Labute approximate surface area is 164 Å². The van der Waals surface area contributed by atoms with E-state index in [4.69, 9.17) is 9.47 Å². The predicted molar refractivity (Wildman–Crippen MR) is 113 cm³/mol. The van der Waals surface area contributed by atoms with E-state index in [2.05, 4.69) is 4.98 Å². The highest BCUT2D eigenvalue weighted by Crippen LogP contribution is 2.14. The third-order valence-electron chi connectivity index (χ3n) is 4.17. The van der Waals surface area contributed by atoms with E-state index < -0.39 is 0 Å². The average molecular weight is 371 g/mol. The molecule has 2 aromatic carbocycles. The summed E-state index contributed by atoms with van der Waals surface area (Å²) < 4.78 is 9.86.